The van der Waals surface area contributed by atoms with Gasteiger partial charge in [-0.1, -0.05) is 0 Å². The predicted molar refractivity (Wildman–Crippen MR) is 71.7 cm³/mol. The first-order chi connectivity index (χ1) is 10.9. The molecule has 2 aliphatic rings. The van der Waals surface area contributed by atoms with Crippen LogP contribution < -0.4 is 0 Å². The van der Waals surface area contributed by atoms with E-state index in [2.05, 4.69) is 0 Å². The van der Waals surface area contributed by atoms with E-state index in [1.165, 1.54) is 7.11 Å². The normalized spacial score (nSPS) is 45.0. The van der Waals surface area contributed by atoms with Gasteiger partial charge in [0.25, 0.3) is 0 Å². The summed E-state index contributed by atoms with van der Waals surface area (Å²) >= 11 is 0. The van der Waals surface area contributed by atoms with Crippen LogP contribution in [0.3, 0.4) is 0 Å². The Balaban J connectivity index is 2.53. The molecule has 0 radical (unpaired) electrons. The van der Waals surface area contributed by atoms with Gasteiger partial charge in [0.15, 0.2) is 24.2 Å². The third-order valence-electron chi connectivity index (χ3n) is 3.08. The highest BCUT2D eigenvalue weighted by atomic mass is 16.8. The fourth-order valence-corrected chi connectivity index (χ4v) is 2.27. The molecule has 2 aliphatic heterocycles. The zero-order valence-electron chi connectivity index (χ0n) is 15.2. The van der Waals surface area contributed by atoms with E-state index >= 15 is 0 Å². The fraction of sp³-hybridized carbons (Fsp3) is 0.857. The van der Waals surface area contributed by atoms with E-state index in [0.29, 0.717) is 0 Å². The van der Waals surface area contributed by atoms with Crippen LogP contribution in [0.1, 0.15) is 30.4 Å². The Morgan fingerprint density at radius 2 is 1.77 bits per heavy atom. The third kappa shape index (κ3) is 3.75. The predicted octanol–water partition coefficient (Wildman–Crippen LogP) is 0.373. The maximum absolute atomic E-state index is 11.6. The Hall–Kier alpha value is -1.22. The van der Waals surface area contributed by atoms with Gasteiger partial charge in [-0.25, -0.2) is 0 Å². The molecule has 8 heteroatoms. The van der Waals surface area contributed by atoms with Crippen molar-refractivity contribution in [1.29, 1.82) is 0 Å². The lowest BCUT2D eigenvalue weighted by molar-refractivity contribution is -0.380. The van der Waals surface area contributed by atoms with Gasteiger partial charge in [0.2, 0.25) is 0 Å². The molecule has 0 aliphatic carbocycles. The van der Waals surface area contributed by atoms with E-state index < -0.39 is 48.4 Å². The van der Waals surface area contributed by atoms with Crippen LogP contribution in [0.5, 0.6) is 0 Å². The highest BCUT2D eigenvalue weighted by molar-refractivity contribution is 5.67. The molecule has 0 aromatic carbocycles. The van der Waals surface area contributed by atoms with Crippen molar-refractivity contribution in [2.24, 2.45) is 0 Å². The topological polar surface area (TPSA) is 89.5 Å². The first kappa shape index (κ1) is 14.4. The summed E-state index contributed by atoms with van der Waals surface area (Å²) in [6, 6.07) is 0. The van der Waals surface area contributed by atoms with Crippen molar-refractivity contribution in [1.82, 2.24) is 0 Å². The summed E-state index contributed by atoms with van der Waals surface area (Å²) in [5, 5.41) is 0. The summed E-state index contributed by atoms with van der Waals surface area (Å²) in [5.74, 6) is -2.80. The molecule has 2 fully saturated rings. The molecule has 8 nitrogen and oxygen atoms in total. The number of ether oxygens (including phenoxy) is 6. The Kier molecular flexibility index (Phi) is 4.24. The van der Waals surface area contributed by atoms with Gasteiger partial charge < -0.3 is 28.4 Å². The molecule has 0 N–H and O–H groups in total. The molecule has 0 saturated carbocycles. The summed E-state index contributed by atoms with van der Waals surface area (Å²) in [4.78, 5) is 23.1. The molecule has 0 unspecified atom stereocenters. The van der Waals surface area contributed by atoms with Gasteiger partial charge in [-0.2, -0.15) is 0 Å². The molecular weight excluding hydrogens is 296 g/mol. The van der Waals surface area contributed by atoms with Crippen molar-refractivity contribution in [2.75, 3.05) is 13.7 Å². The summed E-state index contributed by atoms with van der Waals surface area (Å²) in [6.45, 7) is 5.39. The SMILES string of the molecule is [2H][C@]1(OC(C)=O)[C@H](OC)O[C@@H]2COC(C)(C)O[C@H]2[C@]1([2H])OC(C)=O. The van der Waals surface area contributed by atoms with E-state index in [-0.39, 0.29) is 6.61 Å². The molecule has 2 rings (SSSR count). The van der Waals surface area contributed by atoms with Crippen LogP contribution >= 0.6 is 0 Å². The minimum Gasteiger partial charge on any atom is -0.455 e. The van der Waals surface area contributed by atoms with Gasteiger partial charge in [0.05, 0.1) is 9.35 Å². The standard InChI is InChI=1S/C14H22O8/c1-7(15)19-11-10-9(6-18-14(3,4)22-10)21-13(17-5)12(11)20-8(2)16/h9-13H,6H2,1-5H3/t9-,10-,11+,12-,13-/m1/s1/i11D,12D. The molecule has 0 amide bonds. The highest BCUT2D eigenvalue weighted by Gasteiger charge is 2.54. The zero-order valence-corrected chi connectivity index (χ0v) is 13.2. The number of hydrogen-bond donors (Lipinski definition) is 0. The average Bonchev–Trinajstić information content (AvgIpc) is 2.42. The van der Waals surface area contributed by atoms with Crippen LogP contribution in [0.25, 0.3) is 0 Å². The molecule has 22 heavy (non-hydrogen) atoms. The van der Waals surface area contributed by atoms with Crippen LogP contribution in [0.2, 0.25) is 0 Å². The lowest BCUT2D eigenvalue weighted by atomic mass is 9.97. The fourth-order valence-electron chi connectivity index (χ4n) is 2.27. The van der Waals surface area contributed by atoms with E-state index in [4.69, 9.17) is 31.2 Å². The van der Waals surface area contributed by atoms with E-state index in [1.54, 1.807) is 13.8 Å². The Bertz CT molecular complexity index is 527. The van der Waals surface area contributed by atoms with Gasteiger partial charge in [0.1, 0.15) is 12.2 Å². The first-order valence-electron chi connectivity index (χ1n) is 7.84. The molecule has 5 atom stereocenters. The quantitative estimate of drug-likeness (QED) is 0.689. The molecule has 126 valence electrons. The number of rotatable bonds is 3. The van der Waals surface area contributed by atoms with Crippen molar-refractivity contribution in [2.45, 2.75) is 64.1 Å². The molecule has 2 heterocycles. The van der Waals surface area contributed by atoms with Gasteiger partial charge >= 0.3 is 11.9 Å². The zero-order chi connectivity index (χ0) is 18.3. The van der Waals surface area contributed by atoms with E-state index in [1.807, 2.05) is 0 Å². The second-order valence-corrected chi connectivity index (χ2v) is 5.41. The van der Waals surface area contributed by atoms with Crippen LogP contribution in [-0.4, -0.2) is 62.1 Å². The van der Waals surface area contributed by atoms with Gasteiger partial charge in [-0.15, -0.1) is 0 Å². The minimum absolute atomic E-state index is 0.0234. The number of fused-ring (bicyclic) bond motifs is 1. The molecule has 0 aromatic heterocycles. The van der Waals surface area contributed by atoms with E-state index in [0.717, 1.165) is 13.8 Å². The van der Waals surface area contributed by atoms with E-state index in [9.17, 15) is 9.59 Å². The largest absolute Gasteiger partial charge is 0.455 e. The first-order valence-corrected chi connectivity index (χ1v) is 6.84. The van der Waals surface area contributed by atoms with Gasteiger partial charge in [-0.05, 0) is 13.8 Å². The summed E-state index contributed by atoms with van der Waals surface area (Å²) in [5.41, 5.74) is 0. The Morgan fingerprint density at radius 1 is 1.18 bits per heavy atom. The Labute approximate surface area is 131 Å². The van der Waals surface area contributed by atoms with Crippen molar-refractivity contribution in [3.63, 3.8) is 0 Å². The maximum atomic E-state index is 11.6. The van der Waals surface area contributed by atoms with Gasteiger partial charge in [-0.3, -0.25) is 9.59 Å². The second-order valence-electron chi connectivity index (χ2n) is 5.41. The van der Waals surface area contributed by atoms with Gasteiger partial charge in [0, 0.05) is 21.0 Å². The number of carbonyl (C=O) groups excluding carboxylic acids is 2. The monoisotopic (exact) mass is 320 g/mol. The highest BCUT2D eigenvalue weighted by Crippen LogP contribution is 2.35. The van der Waals surface area contributed by atoms with Crippen LogP contribution in [0, 0.1) is 0 Å². The molecular formula is C14H22O8. The average molecular weight is 320 g/mol. The number of hydrogen-bond acceptors (Lipinski definition) is 8. The number of methoxy groups -OCH3 is 1. The Morgan fingerprint density at radius 3 is 2.32 bits per heavy atom. The van der Waals surface area contributed by atoms with Crippen LogP contribution in [0.4, 0.5) is 0 Å². The van der Waals surface area contributed by atoms with Crippen LogP contribution in [-0.2, 0) is 38.0 Å². The van der Waals surface area contributed by atoms with Crippen molar-refractivity contribution >= 4 is 11.9 Å². The second kappa shape index (κ2) is 6.49. The third-order valence-corrected chi connectivity index (χ3v) is 3.08. The lowest BCUT2D eigenvalue weighted by Crippen LogP contribution is -2.66. The maximum Gasteiger partial charge on any atom is 0.303 e. The minimum atomic E-state index is -2.49. The summed E-state index contributed by atoms with van der Waals surface area (Å²) in [7, 11) is 1.22. The van der Waals surface area contributed by atoms with Crippen LogP contribution in [0.15, 0.2) is 0 Å². The number of esters is 2. The summed E-state index contributed by atoms with van der Waals surface area (Å²) < 4.78 is 49.2. The van der Waals surface area contributed by atoms with Crippen molar-refractivity contribution in [3.8, 4) is 0 Å². The molecule has 0 spiro atoms. The van der Waals surface area contributed by atoms with Crippen molar-refractivity contribution in [3.05, 3.63) is 0 Å². The molecule has 2 saturated heterocycles. The smallest absolute Gasteiger partial charge is 0.303 e. The lowest BCUT2D eigenvalue weighted by Gasteiger charge is -2.49. The summed E-state index contributed by atoms with van der Waals surface area (Å²) in [6.07, 6.45) is -8.47. The van der Waals surface area contributed by atoms with Crippen molar-refractivity contribution < 1.29 is 40.8 Å². The molecule has 0 bridgehead atoms. The molecule has 0 aromatic rings. The number of carbonyl (C=O) groups is 2.